The Balaban J connectivity index is 2.01. The van der Waals surface area contributed by atoms with Crippen molar-refractivity contribution >= 4 is 22.0 Å². The van der Waals surface area contributed by atoms with Crippen LogP contribution in [0.25, 0.3) is 6.08 Å². The van der Waals surface area contributed by atoms with E-state index in [2.05, 4.69) is 46.4 Å². The minimum atomic E-state index is 0.659. The summed E-state index contributed by atoms with van der Waals surface area (Å²) < 4.78 is 6.26. The first kappa shape index (κ1) is 14.6. The van der Waals surface area contributed by atoms with Crippen LogP contribution in [0.4, 0.5) is 0 Å². The van der Waals surface area contributed by atoms with E-state index in [1.807, 2.05) is 6.07 Å². The molecule has 1 unspecified atom stereocenters. The fourth-order valence-corrected chi connectivity index (χ4v) is 3.16. The fourth-order valence-electron chi connectivity index (χ4n) is 2.60. The van der Waals surface area contributed by atoms with Gasteiger partial charge < -0.3 is 10.1 Å². The van der Waals surface area contributed by atoms with E-state index in [1.165, 1.54) is 36.9 Å². The third kappa shape index (κ3) is 4.36. The molecule has 2 rings (SSSR count). The Labute approximate surface area is 124 Å². The maximum atomic E-state index is 5.25. The van der Waals surface area contributed by atoms with Crippen molar-refractivity contribution in [1.82, 2.24) is 5.32 Å². The van der Waals surface area contributed by atoms with Crippen LogP contribution >= 0.6 is 15.9 Å². The molecule has 1 heterocycles. The van der Waals surface area contributed by atoms with Crippen LogP contribution < -0.4 is 10.1 Å². The lowest BCUT2D eigenvalue weighted by molar-refractivity contribution is 0.399. The molecule has 3 heteroatoms. The summed E-state index contributed by atoms with van der Waals surface area (Å²) >= 11 is 3.53. The van der Waals surface area contributed by atoms with Crippen LogP contribution in [0.2, 0.25) is 0 Å². The van der Waals surface area contributed by atoms with E-state index >= 15 is 0 Å². The lowest BCUT2D eigenvalue weighted by Gasteiger charge is -2.23. The Bertz CT molecular complexity index is 450. The predicted octanol–water partition coefficient (Wildman–Crippen LogP) is 4.39. The number of piperidine rings is 1. The number of ether oxygens (including phenoxy) is 1. The number of halogens is 1. The summed E-state index contributed by atoms with van der Waals surface area (Å²) in [5, 5.41) is 3.60. The van der Waals surface area contributed by atoms with Gasteiger partial charge in [0.25, 0.3) is 0 Å². The van der Waals surface area contributed by atoms with E-state index in [0.29, 0.717) is 6.04 Å². The van der Waals surface area contributed by atoms with Crippen LogP contribution in [0.3, 0.4) is 0 Å². The zero-order valence-corrected chi connectivity index (χ0v) is 13.3. The molecule has 0 aliphatic carbocycles. The Kier molecular flexibility index (Phi) is 5.46. The van der Waals surface area contributed by atoms with E-state index < -0.39 is 0 Å². The minimum absolute atomic E-state index is 0.659. The topological polar surface area (TPSA) is 21.3 Å². The molecule has 1 fully saturated rings. The Morgan fingerprint density at radius 2 is 2.32 bits per heavy atom. The number of rotatable bonds is 4. The van der Waals surface area contributed by atoms with Crippen LogP contribution in [0.15, 0.2) is 28.2 Å². The van der Waals surface area contributed by atoms with Crippen LogP contribution in [0.5, 0.6) is 5.75 Å². The van der Waals surface area contributed by atoms with Crippen LogP contribution in [0, 0.1) is 0 Å². The minimum Gasteiger partial charge on any atom is -0.496 e. The number of nitrogens with one attached hydrogen (secondary N) is 1. The number of hydrogen-bond donors (Lipinski definition) is 1. The van der Waals surface area contributed by atoms with Crippen molar-refractivity contribution in [3.8, 4) is 5.75 Å². The summed E-state index contributed by atoms with van der Waals surface area (Å²) in [7, 11) is 1.69. The summed E-state index contributed by atoms with van der Waals surface area (Å²) in [5.74, 6) is 0.878. The van der Waals surface area contributed by atoms with Crippen molar-refractivity contribution in [2.24, 2.45) is 0 Å². The van der Waals surface area contributed by atoms with Crippen molar-refractivity contribution < 1.29 is 4.74 Å². The summed E-state index contributed by atoms with van der Waals surface area (Å²) in [6.45, 7) is 3.39. The molecule has 0 radical (unpaired) electrons. The molecule has 0 spiro atoms. The number of methoxy groups -OCH3 is 1. The molecular weight excluding hydrogens is 302 g/mol. The highest BCUT2D eigenvalue weighted by Gasteiger charge is 2.12. The van der Waals surface area contributed by atoms with Crippen molar-refractivity contribution in [3.63, 3.8) is 0 Å². The molecule has 1 aliphatic heterocycles. The summed E-state index contributed by atoms with van der Waals surface area (Å²) in [5.41, 5.74) is 2.65. The second kappa shape index (κ2) is 7.11. The molecule has 0 saturated carbocycles. The van der Waals surface area contributed by atoms with Crippen molar-refractivity contribution in [3.05, 3.63) is 33.8 Å². The molecule has 1 saturated heterocycles. The zero-order valence-electron chi connectivity index (χ0n) is 11.7. The fraction of sp³-hybridized carbons (Fsp3) is 0.500. The lowest BCUT2D eigenvalue weighted by Crippen LogP contribution is -2.33. The van der Waals surface area contributed by atoms with Gasteiger partial charge >= 0.3 is 0 Å². The molecule has 0 bridgehead atoms. The van der Waals surface area contributed by atoms with E-state index in [0.717, 1.165) is 16.6 Å². The Morgan fingerprint density at radius 3 is 2.95 bits per heavy atom. The molecule has 1 aromatic rings. The summed E-state index contributed by atoms with van der Waals surface area (Å²) in [6.07, 6.45) is 7.39. The first-order valence-corrected chi connectivity index (χ1v) is 7.72. The SMILES string of the molecule is COc1ccc(/C=C(/C)CC2CCCCN2)cc1Br. The predicted molar refractivity (Wildman–Crippen MR) is 84.6 cm³/mol. The first-order valence-electron chi connectivity index (χ1n) is 6.93. The normalized spacial score (nSPS) is 20.4. The molecule has 104 valence electrons. The molecule has 19 heavy (non-hydrogen) atoms. The second-order valence-corrected chi connectivity index (χ2v) is 6.09. The molecular formula is C16H22BrNO. The quantitative estimate of drug-likeness (QED) is 0.887. The molecule has 2 nitrogen and oxygen atoms in total. The van der Waals surface area contributed by atoms with Gasteiger partial charge in [-0.2, -0.15) is 0 Å². The van der Waals surface area contributed by atoms with Crippen LogP contribution in [-0.2, 0) is 0 Å². The van der Waals surface area contributed by atoms with Gasteiger partial charge in [-0.05, 0) is 66.4 Å². The number of benzene rings is 1. The maximum Gasteiger partial charge on any atom is 0.133 e. The second-order valence-electron chi connectivity index (χ2n) is 5.24. The number of hydrogen-bond acceptors (Lipinski definition) is 2. The highest BCUT2D eigenvalue weighted by molar-refractivity contribution is 9.10. The summed E-state index contributed by atoms with van der Waals surface area (Å²) in [6, 6.07) is 6.87. The largest absolute Gasteiger partial charge is 0.496 e. The third-order valence-corrected chi connectivity index (χ3v) is 4.19. The zero-order chi connectivity index (χ0) is 13.7. The van der Waals surface area contributed by atoms with Gasteiger partial charge in [0.2, 0.25) is 0 Å². The molecule has 0 aromatic heterocycles. The van der Waals surface area contributed by atoms with Gasteiger partial charge in [0.05, 0.1) is 11.6 Å². The van der Waals surface area contributed by atoms with Gasteiger partial charge in [-0.15, -0.1) is 0 Å². The molecule has 1 aromatic carbocycles. The summed E-state index contributed by atoms with van der Waals surface area (Å²) in [4.78, 5) is 0. The molecule has 1 aliphatic rings. The monoisotopic (exact) mass is 323 g/mol. The van der Waals surface area contributed by atoms with Crippen LogP contribution in [0.1, 0.15) is 38.2 Å². The van der Waals surface area contributed by atoms with E-state index in [1.54, 1.807) is 7.11 Å². The van der Waals surface area contributed by atoms with Crippen molar-refractivity contribution in [2.45, 2.75) is 38.6 Å². The molecule has 1 N–H and O–H groups in total. The van der Waals surface area contributed by atoms with E-state index in [-0.39, 0.29) is 0 Å². The van der Waals surface area contributed by atoms with Gasteiger partial charge in [-0.1, -0.05) is 24.1 Å². The van der Waals surface area contributed by atoms with E-state index in [4.69, 9.17) is 4.74 Å². The lowest BCUT2D eigenvalue weighted by atomic mass is 9.97. The average molecular weight is 324 g/mol. The highest BCUT2D eigenvalue weighted by atomic mass is 79.9. The van der Waals surface area contributed by atoms with Gasteiger partial charge in [0, 0.05) is 6.04 Å². The van der Waals surface area contributed by atoms with Crippen molar-refractivity contribution in [2.75, 3.05) is 13.7 Å². The third-order valence-electron chi connectivity index (χ3n) is 3.57. The van der Waals surface area contributed by atoms with Gasteiger partial charge in [0.1, 0.15) is 5.75 Å². The van der Waals surface area contributed by atoms with E-state index in [9.17, 15) is 0 Å². The average Bonchev–Trinajstić information content (AvgIpc) is 2.40. The van der Waals surface area contributed by atoms with Gasteiger partial charge in [-0.25, -0.2) is 0 Å². The first-order chi connectivity index (χ1) is 9.19. The highest BCUT2D eigenvalue weighted by Crippen LogP contribution is 2.27. The maximum absolute atomic E-state index is 5.25. The van der Waals surface area contributed by atoms with Crippen molar-refractivity contribution in [1.29, 1.82) is 0 Å². The molecule has 1 atom stereocenters. The molecule has 0 amide bonds. The standard InChI is InChI=1S/C16H22BrNO/c1-12(10-14-5-3-4-8-18-14)9-13-6-7-16(19-2)15(17)11-13/h6-7,9,11,14,18H,3-5,8,10H2,1-2H3/b12-9-. The van der Waals surface area contributed by atoms with Crippen LogP contribution in [-0.4, -0.2) is 19.7 Å². The van der Waals surface area contributed by atoms with Gasteiger partial charge in [0.15, 0.2) is 0 Å². The van der Waals surface area contributed by atoms with Gasteiger partial charge in [-0.3, -0.25) is 0 Å². The Hall–Kier alpha value is -0.800. The smallest absolute Gasteiger partial charge is 0.133 e. The Morgan fingerprint density at radius 1 is 1.47 bits per heavy atom.